The summed E-state index contributed by atoms with van der Waals surface area (Å²) < 4.78 is 42.1. The third-order valence-corrected chi connectivity index (χ3v) is 4.29. The number of halogens is 3. The molecule has 2 N–H and O–H groups in total. The number of alkyl halides is 3. The van der Waals surface area contributed by atoms with E-state index in [1.807, 2.05) is 0 Å². The van der Waals surface area contributed by atoms with Gasteiger partial charge >= 0.3 is 18.2 Å². The highest BCUT2D eigenvalue weighted by Crippen LogP contribution is 2.41. The lowest BCUT2D eigenvalue weighted by atomic mass is 9.86. The zero-order valence-corrected chi connectivity index (χ0v) is 13.9. The Morgan fingerprint density at radius 2 is 1.71 bits per heavy atom. The Kier molecular flexibility index (Phi) is 4.78. The molecule has 9 heteroatoms. The molecule has 138 valence electrons. The van der Waals surface area contributed by atoms with Gasteiger partial charge in [-0.15, -0.1) is 0 Å². The third-order valence-electron chi connectivity index (χ3n) is 4.29. The summed E-state index contributed by atoms with van der Waals surface area (Å²) in [5.74, 6) is -2.07. The maximum Gasteiger partial charge on any atom is 0.471 e. The Hall–Kier alpha value is -1.51. The fraction of sp³-hybridized carbons (Fsp3) is 0.867. The molecule has 0 spiro atoms. The van der Waals surface area contributed by atoms with Crippen molar-refractivity contribution in [3.05, 3.63) is 0 Å². The number of nitrogens with one attached hydrogen (secondary N) is 1. The summed E-state index contributed by atoms with van der Waals surface area (Å²) in [5, 5.41) is 12.3. The van der Waals surface area contributed by atoms with Crippen molar-refractivity contribution < 1.29 is 32.6 Å². The fourth-order valence-electron chi connectivity index (χ4n) is 3.42. The van der Waals surface area contributed by atoms with Crippen LogP contribution in [0.3, 0.4) is 0 Å². The predicted octanol–water partition coefficient (Wildman–Crippen LogP) is 1.96. The van der Waals surface area contributed by atoms with Gasteiger partial charge in [0.15, 0.2) is 0 Å². The van der Waals surface area contributed by atoms with E-state index in [0.717, 1.165) is 0 Å². The number of ether oxygens (including phenoxy) is 1. The molecular formula is C15H23F3N2O4. The summed E-state index contributed by atoms with van der Waals surface area (Å²) >= 11 is 0. The van der Waals surface area contributed by atoms with Crippen LogP contribution < -0.4 is 5.32 Å². The van der Waals surface area contributed by atoms with E-state index in [1.54, 1.807) is 31.0 Å². The van der Waals surface area contributed by atoms with Crippen LogP contribution in [0, 0.1) is 0 Å². The molecule has 2 heterocycles. The minimum atomic E-state index is -4.98. The number of piperidine rings is 1. The maximum absolute atomic E-state index is 12.3. The van der Waals surface area contributed by atoms with E-state index >= 15 is 0 Å². The molecule has 2 amide bonds. The molecule has 0 radical (unpaired) electrons. The first-order valence-corrected chi connectivity index (χ1v) is 7.89. The van der Waals surface area contributed by atoms with Crippen molar-refractivity contribution in [3.8, 4) is 0 Å². The summed E-state index contributed by atoms with van der Waals surface area (Å²) in [5.41, 5.74) is -2.10. The van der Waals surface area contributed by atoms with Crippen molar-refractivity contribution >= 4 is 12.0 Å². The normalized spacial score (nSPS) is 30.2. The standard InChI is InChI=1S/C15H23F3N2O4/c1-13(2,3)24-12(22)20-9-4-5-10(20)7-14(23,6-9)8-19-11(21)15(16,17)18/h9-10,23H,4-8H2,1-3H3,(H,19,21)/t9-,10+,14?. The highest BCUT2D eigenvalue weighted by molar-refractivity contribution is 5.81. The van der Waals surface area contributed by atoms with Gasteiger partial charge in [0.1, 0.15) is 5.60 Å². The molecule has 2 fully saturated rings. The zero-order valence-electron chi connectivity index (χ0n) is 13.9. The van der Waals surface area contributed by atoms with Crippen LogP contribution in [0.1, 0.15) is 46.5 Å². The second-order valence-electron chi connectivity index (χ2n) is 7.59. The monoisotopic (exact) mass is 352 g/mol. The quantitative estimate of drug-likeness (QED) is 0.796. The van der Waals surface area contributed by atoms with Crippen molar-refractivity contribution in [2.24, 2.45) is 0 Å². The van der Waals surface area contributed by atoms with E-state index in [1.165, 1.54) is 0 Å². The number of aliphatic hydroxyl groups is 1. The number of hydrogen-bond acceptors (Lipinski definition) is 4. The van der Waals surface area contributed by atoms with Crippen LogP contribution in [0.15, 0.2) is 0 Å². The summed E-state index contributed by atoms with van der Waals surface area (Å²) in [7, 11) is 0. The molecule has 6 nitrogen and oxygen atoms in total. The molecule has 24 heavy (non-hydrogen) atoms. The summed E-state index contributed by atoms with van der Waals surface area (Å²) in [6, 6.07) is -0.599. The van der Waals surface area contributed by atoms with Gasteiger partial charge in [-0.1, -0.05) is 0 Å². The second kappa shape index (κ2) is 6.09. The zero-order chi connectivity index (χ0) is 18.3. The smallest absolute Gasteiger partial charge is 0.444 e. The molecule has 2 saturated heterocycles. The molecule has 0 aromatic carbocycles. The van der Waals surface area contributed by atoms with E-state index in [9.17, 15) is 27.9 Å². The fourth-order valence-corrected chi connectivity index (χ4v) is 3.42. The lowest BCUT2D eigenvalue weighted by molar-refractivity contribution is -0.175. The lowest BCUT2D eigenvalue weighted by Gasteiger charge is -2.43. The van der Waals surface area contributed by atoms with Crippen LogP contribution in [0.5, 0.6) is 0 Å². The molecule has 0 saturated carbocycles. The Labute approximate surface area is 138 Å². The van der Waals surface area contributed by atoms with Crippen LogP contribution in [0.4, 0.5) is 18.0 Å². The Bertz CT molecular complexity index is 502. The number of fused-ring (bicyclic) bond motifs is 2. The number of carbonyl (C=O) groups is 2. The SMILES string of the molecule is CC(C)(C)OC(=O)N1[C@@H]2CC[C@H]1CC(O)(CNC(=O)C(F)(F)F)C2. The first-order valence-electron chi connectivity index (χ1n) is 7.89. The van der Waals surface area contributed by atoms with Gasteiger partial charge in [-0.05, 0) is 46.5 Å². The Balaban J connectivity index is 1.99. The van der Waals surface area contributed by atoms with E-state index in [2.05, 4.69) is 0 Å². The molecule has 2 aliphatic heterocycles. The molecule has 1 unspecified atom stereocenters. The molecule has 0 aliphatic carbocycles. The second-order valence-corrected chi connectivity index (χ2v) is 7.59. The van der Waals surface area contributed by atoms with E-state index in [4.69, 9.17) is 4.74 Å². The first kappa shape index (κ1) is 18.8. The van der Waals surface area contributed by atoms with Gasteiger partial charge in [0.2, 0.25) is 0 Å². The van der Waals surface area contributed by atoms with Gasteiger partial charge in [0.25, 0.3) is 0 Å². The number of carbonyl (C=O) groups excluding carboxylic acids is 2. The van der Waals surface area contributed by atoms with E-state index < -0.39 is 35.9 Å². The minimum Gasteiger partial charge on any atom is -0.444 e. The molecule has 0 aromatic heterocycles. The van der Waals surface area contributed by atoms with Crippen LogP contribution in [-0.4, -0.2) is 58.0 Å². The number of hydrogen-bond donors (Lipinski definition) is 2. The average molecular weight is 352 g/mol. The lowest BCUT2D eigenvalue weighted by Crippen LogP contribution is -2.58. The van der Waals surface area contributed by atoms with Crippen LogP contribution in [0.2, 0.25) is 0 Å². The number of nitrogens with zero attached hydrogens (tertiary/aromatic N) is 1. The van der Waals surface area contributed by atoms with Crippen molar-refractivity contribution in [2.75, 3.05) is 6.54 Å². The van der Waals surface area contributed by atoms with Crippen LogP contribution in [-0.2, 0) is 9.53 Å². The summed E-state index contributed by atoms with van der Waals surface area (Å²) in [6.45, 7) is 4.76. The highest BCUT2D eigenvalue weighted by atomic mass is 19.4. The van der Waals surface area contributed by atoms with Gasteiger partial charge < -0.3 is 20.1 Å². The van der Waals surface area contributed by atoms with Crippen molar-refractivity contribution in [2.45, 2.75) is 75.9 Å². The molecule has 0 aromatic rings. The summed E-state index contributed by atoms with van der Waals surface area (Å²) in [4.78, 5) is 24.8. The topological polar surface area (TPSA) is 78.9 Å². The van der Waals surface area contributed by atoms with Crippen molar-refractivity contribution in [1.29, 1.82) is 0 Å². The molecule has 2 rings (SSSR count). The number of amides is 2. The van der Waals surface area contributed by atoms with Crippen molar-refractivity contribution in [3.63, 3.8) is 0 Å². The molecule has 2 aliphatic rings. The van der Waals surface area contributed by atoms with Crippen LogP contribution >= 0.6 is 0 Å². The average Bonchev–Trinajstić information content (AvgIpc) is 2.66. The van der Waals surface area contributed by atoms with Crippen molar-refractivity contribution in [1.82, 2.24) is 10.2 Å². The molecule has 3 atom stereocenters. The molecular weight excluding hydrogens is 329 g/mol. The van der Waals surface area contributed by atoms with Gasteiger partial charge in [0.05, 0.1) is 5.60 Å². The maximum atomic E-state index is 12.3. The first-order chi connectivity index (χ1) is 10.8. The van der Waals surface area contributed by atoms with E-state index in [-0.39, 0.29) is 24.9 Å². The minimum absolute atomic E-state index is 0.112. The van der Waals surface area contributed by atoms with E-state index in [0.29, 0.717) is 12.8 Å². The van der Waals surface area contributed by atoms with Gasteiger partial charge in [-0.25, -0.2) is 4.79 Å². The van der Waals surface area contributed by atoms with Crippen LogP contribution in [0.25, 0.3) is 0 Å². The predicted molar refractivity (Wildman–Crippen MR) is 78.1 cm³/mol. The third kappa shape index (κ3) is 4.31. The van der Waals surface area contributed by atoms with Gasteiger partial charge in [-0.3, -0.25) is 4.79 Å². The number of rotatable bonds is 2. The Morgan fingerprint density at radius 3 is 2.12 bits per heavy atom. The molecule has 2 bridgehead atoms. The Morgan fingerprint density at radius 1 is 1.21 bits per heavy atom. The van der Waals surface area contributed by atoms with Gasteiger partial charge in [0, 0.05) is 18.6 Å². The highest BCUT2D eigenvalue weighted by Gasteiger charge is 2.51. The largest absolute Gasteiger partial charge is 0.471 e. The summed E-state index contributed by atoms with van der Waals surface area (Å²) in [6.07, 6.45) is -3.93. The van der Waals surface area contributed by atoms with Gasteiger partial charge in [-0.2, -0.15) is 13.2 Å².